The highest BCUT2D eigenvalue weighted by Crippen LogP contribution is 2.35. The van der Waals surface area contributed by atoms with Crippen molar-refractivity contribution in [1.29, 1.82) is 0 Å². The fourth-order valence-corrected chi connectivity index (χ4v) is 5.50. The molecule has 2 aliphatic rings. The lowest BCUT2D eigenvalue weighted by molar-refractivity contribution is -0.147. The van der Waals surface area contributed by atoms with Crippen LogP contribution in [0.2, 0.25) is 0 Å². The highest BCUT2D eigenvalue weighted by atomic mass is 32.1. The molecule has 3 heterocycles. The molecule has 1 saturated carbocycles. The average molecular weight is 423 g/mol. The summed E-state index contributed by atoms with van der Waals surface area (Å²) in [5, 5.41) is 15.4. The van der Waals surface area contributed by atoms with E-state index in [-0.39, 0.29) is 5.92 Å². The van der Waals surface area contributed by atoms with Crippen LogP contribution in [0, 0.1) is 5.92 Å². The fourth-order valence-electron chi connectivity index (χ4n) is 4.58. The van der Waals surface area contributed by atoms with Crippen molar-refractivity contribution in [3.63, 3.8) is 0 Å². The normalized spacial score (nSPS) is 18.4. The van der Waals surface area contributed by atoms with E-state index in [1.165, 1.54) is 42.5 Å². The van der Waals surface area contributed by atoms with E-state index in [4.69, 9.17) is 9.63 Å². The van der Waals surface area contributed by atoms with Crippen LogP contribution >= 0.6 is 11.3 Å². The average Bonchev–Trinajstić information content (AvgIpc) is 3.40. The number of hydrogen-bond acceptors (Lipinski definition) is 5. The van der Waals surface area contributed by atoms with Gasteiger partial charge in [0, 0.05) is 47.1 Å². The molecule has 0 radical (unpaired) electrons. The first-order chi connectivity index (χ1) is 14.7. The largest absolute Gasteiger partial charge is 0.481 e. The Bertz CT molecular complexity index is 1010. The Labute approximate surface area is 180 Å². The second-order valence-electron chi connectivity index (χ2n) is 8.56. The molecule has 5 nitrogen and oxygen atoms in total. The van der Waals surface area contributed by atoms with Gasteiger partial charge in [0.15, 0.2) is 5.76 Å². The first-order valence-electron chi connectivity index (χ1n) is 10.8. The minimum Gasteiger partial charge on any atom is -0.481 e. The summed E-state index contributed by atoms with van der Waals surface area (Å²) in [6, 6.07) is 12.9. The molecule has 30 heavy (non-hydrogen) atoms. The molecule has 1 aromatic carbocycles. The Morgan fingerprint density at radius 2 is 1.87 bits per heavy atom. The molecule has 0 amide bonds. The third-order valence-corrected chi connectivity index (χ3v) is 7.34. The van der Waals surface area contributed by atoms with E-state index in [2.05, 4.69) is 45.8 Å². The van der Waals surface area contributed by atoms with Gasteiger partial charge in [0.25, 0.3) is 0 Å². The Hall–Kier alpha value is -2.44. The van der Waals surface area contributed by atoms with Crippen LogP contribution in [0.15, 0.2) is 46.3 Å². The number of carboxylic acids is 1. The number of rotatable bonds is 6. The summed E-state index contributed by atoms with van der Waals surface area (Å²) in [6.07, 6.45) is 6.68. The van der Waals surface area contributed by atoms with Gasteiger partial charge in [0.1, 0.15) is 5.69 Å². The van der Waals surface area contributed by atoms with Gasteiger partial charge in [-0.15, -0.1) is 11.3 Å². The van der Waals surface area contributed by atoms with Crippen molar-refractivity contribution in [3.05, 3.63) is 52.2 Å². The zero-order valence-electron chi connectivity index (χ0n) is 16.9. The van der Waals surface area contributed by atoms with E-state index in [0.717, 1.165) is 29.1 Å². The van der Waals surface area contributed by atoms with Crippen molar-refractivity contribution in [2.45, 2.75) is 44.6 Å². The minimum absolute atomic E-state index is 0.216. The van der Waals surface area contributed by atoms with Crippen molar-refractivity contribution in [1.82, 2.24) is 10.1 Å². The zero-order chi connectivity index (χ0) is 20.5. The molecular weight excluding hydrogens is 396 g/mol. The van der Waals surface area contributed by atoms with Gasteiger partial charge < -0.3 is 9.63 Å². The smallest absolute Gasteiger partial charge is 0.309 e. The van der Waals surface area contributed by atoms with Gasteiger partial charge in [-0.2, -0.15) is 0 Å². The number of thiophene rings is 1. The zero-order valence-corrected chi connectivity index (χ0v) is 17.7. The van der Waals surface area contributed by atoms with Crippen molar-refractivity contribution in [2.75, 3.05) is 13.1 Å². The van der Waals surface area contributed by atoms with E-state index in [1.807, 2.05) is 6.07 Å². The van der Waals surface area contributed by atoms with Gasteiger partial charge in [-0.3, -0.25) is 9.69 Å². The maximum absolute atomic E-state index is 10.9. The summed E-state index contributed by atoms with van der Waals surface area (Å²) in [7, 11) is 0. The summed E-state index contributed by atoms with van der Waals surface area (Å²) < 4.78 is 5.63. The Balaban J connectivity index is 1.23. The van der Waals surface area contributed by atoms with Gasteiger partial charge in [-0.25, -0.2) is 0 Å². The van der Waals surface area contributed by atoms with Gasteiger partial charge >= 0.3 is 5.97 Å². The minimum atomic E-state index is -0.694. The lowest BCUT2D eigenvalue weighted by Crippen LogP contribution is -2.49. The predicted molar refractivity (Wildman–Crippen MR) is 117 cm³/mol. The first-order valence-corrected chi connectivity index (χ1v) is 11.6. The molecule has 1 saturated heterocycles. The Morgan fingerprint density at radius 3 is 2.60 bits per heavy atom. The molecule has 0 unspecified atom stereocenters. The predicted octanol–water partition coefficient (Wildman–Crippen LogP) is 5.63. The fraction of sp³-hybridized carbons (Fsp3) is 0.417. The van der Waals surface area contributed by atoms with Gasteiger partial charge in [-0.1, -0.05) is 48.7 Å². The van der Waals surface area contributed by atoms with E-state index in [0.29, 0.717) is 19.0 Å². The summed E-state index contributed by atoms with van der Waals surface area (Å²) in [4.78, 5) is 14.3. The van der Waals surface area contributed by atoms with Gasteiger partial charge in [0.05, 0.1) is 5.92 Å². The molecule has 3 aromatic rings. The highest BCUT2D eigenvalue weighted by Gasteiger charge is 2.32. The molecule has 0 bridgehead atoms. The van der Waals surface area contributed by atoms with Crippen LogP contribution in [0.1, 0.15) is 48.5 Å². The van der Waals surface area contributed by atoms with Crippen LogP contribution in [0.5, 0.6) is 0 Å². The number of carbonyl (C=O) groups is 1. The van der Waals surface area contributed by atoms with E-state index in [1.54, 1.807) is 11.3 Å². The number of aliphatic carboxylic acids is 1. The van der Waals surface area contributed by atoms with Crippen molar-refractivity contribution < 1.29 is 14.4 Å². The Morgan fingerprint density at radius 1 is 1.10 bits per heavy atom. The van der Waals surface area contributed by atoms with E-state index in [9.17, 15) is 4.79 Å². The standard InChI is InChI=1S/C24H26N2O3S/c27-24(28)20-12-26(13-20)14-21-10-19(15-30-21)22-11-23(29-25-22)18-8-6-17(7-9-18)16-4-2-1-3-5-16/h6-11,15-16,20H,1-5,12-14H2,(H,27,28). The second-order valence-corrected chi connectivity index (χ2v) is 9.56. The molecule has 0 spiro atoms. The third-order valence-electron chi connectivity index (χ3n) is 6.42. The van der Waals surface area contributed by atoms with Crippen molar-refractivity contribution >= 4 is 17.3 Å². The second kappa shape index (κ2) is 8.36. The van der Waals surface area contributed by atoms with Crippen LogP contribution in [0.25, 0.3) is 22.6 Å². The SMILES string of the molecule is O=C(O)C1CN(Cc2cc(-c3cc(-c4ccc(C5CCCCC5)cc4)on3)cs2)C1. The van der Waals surface area contributed by atoms with Crippen LogP contribution in [0.4, 0.5) is 0 Å². The van der Waals surface area contributed by atoms with Crippen molar-refractivity contribution in [3.8, 4) is 22.6 Å². The van der Waals surface area contributed by atoms with Gasteiger partial charge in [0.2, 0.25) is 0 Å². The third kappa shape index (κ3) is 4.07. The molecule has 1 aliphatic heterocycles. The molecule has 0 atom stereocenters. The molecular formula is C24H26N2O3S. The first kappa shape index (κ1) is 19.5. The van der Waals surface area contributed by atoms with E-state index >= 15 is 0 Å². The number of aromatic nitrogens is 1. The lowest BCUT2D eigenvalue weighted by atomic mass is 9.84. The molecule has 2 fully saturated rings. The molecule has 156 valence electrons. The van der Waals surface area contributed by atoms with Crippen molar-refractivity contribution in [2.24, 2.45) is 5.92 Å². The summed E-state index contributed by atoms with van der Waals surface area (Å²) >= 11 is 1.68. The van der Waals surface area contributed by atoms with E-state index < -0.39 is 5.97 Å². The van der Waals surface area contributed by atoms with Crippen LogP contribution in [-0.4, -0.2) is 34.2 Å². The number of benzene rings is 1. The maximum atomic E-state index is 10.9. The van der Waals surface area contributed by atoms with Crippen LogP contribution in [0.3, 0.4) is 0 Å². The number of likely N-dealkylation sites (tertiary alicyclic amines) is 1. The molecule has 5 rings (SSSR count). The number of nitrogens with zero attached hydrogens (tertiary/aromatic N) is 2. The topological polar surface area (TPSA) is 66.6 Å². The summed E-state index contributed by atoms with van der Waals surface area (Å²) in [5.74, 6) is 0.589. The lowest BCUT2D eigenvalue weighted by Gasteiger charge is -2.36. The van der Waals surface area contributed by atoms with Crippen LogP contribution < -0.4 is 0 Å². The maximum Gasteiger partial charge on any atom is 0.309 e. The number of hydrogen-bond donors (Lipinski definition) is 1. The van der Waals surface area contributed by atoms with Crippen LogP contribution in [-0.2, 0) is 11.3 Å². The quantitative estimate of drug-likeness (QED) is 0.557. The monoisotopic (exact) mass is 422 g/mol. The Kier molecular flexibility index (Phi) is 5.44. The molecule has 6 heteroatoms. The molecule has 1 N–H and O–H groups in total. The van der Waals surface area contributed by atoms with Gasteiger partial charge in [-0.05, 0) is 30.4 Å². The highest BCUT2D eigenvalue weighted by molar-refractivity contribution is 7.10. The summed E-state index contributed by atoms with van der Waals surface area (Å²) in [6.45, 7) is 2.06. The summed E-state index contributed by atoms with van der Waals surface area (Å²) in [5.41, 5.74) is 4.40. The number of carboxylic acid groups (broad SMARTS) is 1. The molecule has 1 aliphatic carbocycles. The molecule has 2 aromatic heterocycles.